The quantitative estimate of drug-likeness (QED) is 0.154. The Bertz CT molecular complexity index is 828. The van der Waals surface area contributed by atoms with Crippen molar-refractivity contribution in [3.05, 3.63) is 18.2 Å². The summed E-state index contributed by atoms with van der Waals surface area (Å²) in [7, 11) is 0. The van der Waals surface area contributed by atoms with Crippen molar-refractivity contribution in [3.8, 4) is 0 Å². The Labute approximate surface area is 188 Å². The number of hydrogen-bond acceptors (Lipinski definition) is 8. The fourth-order valence-electron chi connectivity index (χ4n) is 3.12. The molecule has 32 heavy (non-hydrogen) atoms. The number of aliphatic carboxylic acids is 2. The molecule has 176 valence electrons. The standard InChI is InChI=1S/C18H26N6O7S/c25-14(26)5-12(18(30)31)23-17(29)13(7-32)24-16(28)11(4-9-6-19-8-21-9)22-15(27)10-2-1-3-20-10/h6,8,10-13,20,32H,1-5,7H2,(H,19,21)(H,22,27)(H,23,29)(H,24,28)(H,25,26)(H,30,31). The molecule has 14 heteroatoms. The van der Waals surface area contributed by atoms with Crippen LogP contribution in [0, 0.1) is 0 Å². The van der Waals surface area contributed by atoms with Gasteiger partial charge in [0.2, 0.25) is 17.7 Å². The third-order valence-electron chi connectivity index (χ3n) is 4.80. The molecule has 4 atom stereocenters. The summed E-state index contributed by atoms with van der Waals surface area (Å²) >= 11 is 4.02. The van der Waals surface area contributed by atoms with E-state index in [1.54, 1.807) is 0 Å². The summed E-state index contributed by atoms with van der Waals surface area (Å²) in [5.41, 5.74) is 0.573. The molecule has 0 aliphatic carbocycles. The largest absolute Gasteiger partial charge is 0.481 e. The van der Waals surface area contributed by atoms with Crippen LogP contribution in [0.15, 0.2) is 12.5 Å². The Balaban J connectivity index is 2.07. The molecule has 1 aliphatic heterocycles. The topological polar surface area (TPSA) is 203 Å². The lowest BCUT2D eigenvalue weighted by Gasteiger charge is -2.24. The van der Waals surface area contributed by atoms with Crippen molar-refractivity contribution in [2.75, 3.05) is 12.3 Å². The third-order valence-corrected chi connectivity index (χ3v) is 5.16. The number of hydrogen-bond donors (Lipinski definition) is 8. The van der Waals surface area contributed by atoms with Gasteiger partial charge in [0.1, 0.15) is 18.1 Å². The van der Waals surface area contributed by atoms with Crippen molar-refractivity contribution in [2.24, 2.45) is 0 Å². The van der Waals surface area contributed by atoms with Gasteiger partial charge in [-0.3, -0.25) is 19.2 Å². The van der Waals surface area contributed by atoms with Crippen LogP contribution in [0.25, 0.3) is 0 Å². The van der Waals surface area contributed by atoms with E-state index in [2.05, 4.69) is 43.9 Å². The molecule has 1 aromatic rings. The van der Waals surface area contributed by atoms with Gasteiger partial charge in [0.25, 0.3) is 0 Å². The molecule has 7 N–H and O–H groups in total. The fourth-order valence-corrected chi connectivity index (χ4v) is 3.38. The van der Waals surface area contributed by atoms with Gasteiger partial charge in [-0.15, -0.1) is 0 Å². The average Bonchev–Trinajstić information content (AvgIpc) is 3.44. The second-order valence-electron chi connectivity index (χ2n) is 7.23. The molecule has 0 spiro atoms. The van der Waals surface area contributed by atoms with Crippen molar-refractivity contribution < 1.29 is 34.2 Å². The fraction of sp³-hybridized carbons (Fsp3) is 0.556. The lowest BCUT2D eigenvalue weighted by Crippen LogP contribution is -2.58. The van der Waals surface area contributed by atoms with Gasteiger partial charge in [0, 0.05) is 24.1 Å². The van der Waals surface area contributed by atoms with Crippen LogP contribution < -0.4 is 21.3 Å². The second kappa shape index (κ2) is 12.0. The molecule has 3 amide bonds. The van der Waals surface area contributed by atoms with Gasteiger partial charge in [0.15, 0.2) is 0 Å². The number of carbonyl (C=O) groups is 5. The Morgan fingerprint density at radius 2 is 1.78 bits per heavy atom. The van der Waals surface area contributed by atoms with E-state index in [0.29, 0.717) is 18.7 Å². The number of rotatable bonds is 12. The van der Waals surface area contributed by atoms with Crippen LogP contribution in [0.3, 0.4) is 0 Å². The number of thiol groups is 1. The summed E-state index contributed by atoms with van der Waals surface area (Å²) in [4.78, 5) is 66.5. The number of amides is 3. The Morgan fingerprint density at radius 1 is 1.09 bits per heavy atom. The van der Waals surface area contributed by atoms with Crippen LogP contribution in [-0.4, -0.2) is 86.3 Å². The smallest absolute Gasteiger partial charge is 0.326 e. The van der Waals surface area contributed by atoms with Gasteiger partial charge in [-0.1, -0.05) is 0 Å². The minimum atomic E-state index is -1.67. The zero-order valence-electron chi connectivity index (χ0n) is 17.0. The maximum atomic E-state index is 12.9. The van der Waals surface area contributed by atoms with Crippen molar-refractivity contribution in [1.29, 1.82) is 0 Å². The molecule has 1 saturated heterocycles. The van der Waals surface area contributed by atoms with Crippen LogP contribution in [0.1, 0.15) is 25.0 Å². The van der Waals surface area contributed by atoms with Gasteiger partial charge >= 0.3 is 11.9 Å². The molecular weight excluding hydrogens is 444 g/mol. The number of carbonyl (C=O) groups excluding carboxylic acids is 3. The average molecular weight is 471 g/mol. The Morgan fingerprint density at radius 3 is 2.31 bits per heavy atom. The van der Waals surface area contributed by atoms with Crippen LogP contribution in [0.4, 0.5) is 0 Å². The first-order valence-electron chi connectivity index (χ1n) is 9.88. The molecule has 2 heterocycles. The molecule has 13 nitrogen and oxygen atoms in total. The first-order valence-corrected chi connectivity index (χ1v) is 10.5. The first-order chi connectivity index (χ1) is 15.2. The van der Waals surface area contributed by atoms with E-state index < -0.39 is 54.3 Å². The molecule has 2 rings (SSSR count). The van der Waals surface area contributed by atoms with E-state index in [1.165, 1.54) is 12.5 Å². The van der Waals surface area contributed by atoms with Gasteiger partial charge < -0.3 is 36.5 Å². The van der Waals surface area contributed by atoms with E-state index in [-0.39, 0.29) is 18.1 Å². The van der Waals surface area contributed by atoms with E-state index in [4.69, 9.17) is 10.2 Å². The van der Waals surface area contributed by atoms with E-state index in [0.717, 1.165) is 6.42 Å². The first kappa shape index (κ1) is 25.1. The monoisotopic (exact) mass is 470 g/mol. The molecular formula is C18H26N6O7S. The number of nitrogens with one attached hydrogen (secondary N) is 5. The molecule has 1 aliphatic rings. The number of carboxylic acids is 2. The zero-order valence-corrected chi connectivity index (χ0v) is 17.9. The second-order valence-corrected chi connectivity index (χ2v) is 7.60. The minimum absolute atomic E-state index is 0.0714. The van der Waals surface area contributed by atoms with E-state index >= 15 is 0 Å². The van der Waals surface area contributed by atoms with Crippen molar-refractivity contribution in [3.63, 3.8) is 0 Å². The van der Waals surface area contributed by atoms with Gasteiger partial charge in [-0.2, -0.15) is 12.6 Å². The number of aromatic nitrogens is 2. The highest BCUT2D eigenvalue weighted by atomic mass is 32.1. The maximum absolute atomic E-state index is 12.9. The Kier molecular flexibility index (Phi) is 9.46. The molecule has 0 bridgehead atoms. The summed E-state index contributed by atoms with van der Waals surface area (Å²) in [5, 5.41) is 28.1. The highest BCUT2D eigenvalue weighted by Gasteiger charge is 2.31. The molecule has 4 unspecified atom stereocenters. The lowest BCUT2D eigenvalue weighted by molar-refractivity contribution is -0.147. The normalized spacial score (nSPS) is 18.2. The number of carboxylic acid groups (broad SMARTS) is 2. The number of H-pyrrole nitrogens is 1. The highest BCUT2D eigenvalue weighted by Crippen LogP contribution is 2.07. The van der Waals surface area contributed by atoms with Gasteiger partial charge in [-0.25, -0.2) is 9.78 Å². The van der Waals surface area contributed by atoms with Crippen molar-refractivity contribution in [1.82, 2.24) is 31.2 Å². The third kappa shape index (κ3) is 7.53. The summed E-state index contributed by atoms with van der Waals surface area (Å²) in [6, 6.07) is -4.40. The van der Waals surface area contributed by atoms with E-state index in [1.807, 2.05) is 0 Å². The summed E-state index contributed by atoms with van der Waals surface area (Å²) in [6.07, 6.45) is 3.61. The zero-order chi connectivity index (χ0) is 23.7. The van der Waals surface area contributed by atoms with Gasteiger partial charge in [0.05, 0.1) is 18.8 Å². The SMILES string of the molecule is O=C(O)CC(NC(=O)C(CS)NC(=O)C(Cc1cnc[nH]1)NC(=O)C1CCCN1)C(=O)O. The summed E-state index contributed by atoms with van der Waals surface area (Å²) < 4.78 is 0. The number of nitrogens with zero attached hydrogens (tertiary/aromatic N) is 1. The van der Waals surface area contributed by atoms with Crippen LogP contribution in [0.5, 0.6) is 0 Å². The highest BCUT2D eigenvalue weighted by molar-refractivity contribution is 7.80. The lowest BCUT2D eigenvalue weighted by atomic mass is 10.1. The summed E-state index contributed by atoms with van der Waals surface area (Å²) in [6.45, 7) is 0.693. The predicted molar refractivity (Wildman–Crippen MR) is 113 cm³/mol. The molecule has 1 aromatic heterocycles. The van der Waals surface area contributed by atoms with Crippen molar-refractivity contribution in [2.45, 2.75) is 49.9 Å². The van der Waals surface area contributed by atoms with Gasteiger partial charge in [-0.05, 0) is 19.4 Å². The predicted octanol–water partition coefficient (Wildman–Crippen LogP) is -2.35. The van der Waals surface area contributed by atoms with E-state index in [9.17, 15) is 24.0 Å². The Hall–Kier alpha value is -3.13. The maximum Gasteiger partial charge on any atom is 0.326 e. The number of aromatic amines is 1. The number of imidazole rings is 1. The molecule has 1 fully saturated rings. The summed E-state index contributed by atoms with van der Waals surface area (Å²) in [5.74, 6) is -5.09. The molecule has 0 aromatic carbocycles. The van der Waals surface area contributed by atoms with Crippen molar-refractivity contribution >= 4 is 42.3 Å². The minimum Gasteiger partial charge on any atom is -0.481 e. The molecule has 0 radical (unpaired) electrons. The van der Waals surface area contributed by atoms with Crippen LogP contribution in [-0.2, 0) is 30.4 Å². The molecule has 0 saturated carbocycles. The van der Waals surface area contributed by atoms with Crippen LogP contribution >= 0.6 is 12.6 Å². The van der Waals surface area contributed by atoms with Crippen LogP contribution in [0.2, 0.25) is 0 Å².